The molecule has 0 aromatic heterocycles. The molecule has 3 amide bonds. The number of amides is 3. The molecule has 0 aliphatic carbocycles. The van der Waals surface area contributed by atoms with Gasteiger partial charge in [-0.05, 0) is 53.4 Å². The third kappa shape index (κ3) is 9.97. The van der Waals surface area contributed by atoms with E-state index in [-0.39, 0.29) is 43.1 Å². The van der Waals surface area contributed by atoms with E-state index in [9.17, 15) is 14.4 Å². The van der Waals surface area contributed by atoms with Crippen molar-refractivity contribution in [3.63, 3.8) is 0 Å². The maximum Gasteiger partial charge on any atom is 0.251 e. The van der Waals surface area contributed by atoms with Gasteiger partial charge < -0.3 is 26.4 Å². The summed E-state index contributed by atoms with van der Waals surface area (Å²) in [6.07, 6.45) is 0.262. The molecule has 8 nitrogen and oxygen atoms in total. The molecule has 0 bridgehead atoms. The average Bonchev–Trinajstić information content (AvgIpc) is 3.05. The second-order valence-corrected chi connectivity index (χ2v) is 10.1. The van der Waals surface area contributed by atoms with Crippen LogP contribution in [0.1, 0.15) is 45.5 Å². The maximum absolute atomic E-state index is 13.6. The number of carbonyl (C=O) groups excluding carboxylic acids is 3. The van der Waals surface area contributed by atoms with E-state index in [1.165, 1.54) is 0 Å². The second kappa shape index (κ2) is 17.5. The van der Waals surface area contributed by atoms with Crippen molar-refractivity contribution in [1.29, 1.82) is 0 Å². The Morgan fingerprint density at radius 3 is 1.93 bits per heavy atom. The van der Waals surface area contributed by atoms with Crippen LogP contribution in [0.2, 0.25) is 0 Å². The summed E-state index contributed by atoms with van der Waals surface area (Å²) in [7, 11) is 0. The molecule has 4 aromatic rings. The van der Waals surface area contributed by atoms with Crippen LogP contribution in [0.3, 0.4) is 0 Å². The molecule has 2 atom stereocenters. The molecule has 0 heterocycles. The lowest BCUT2D eigenvalue weighted by Gasteiger charge is -2.22. The summed E-state index contributed by atoms with van der Waals surface area (Å²) in [5, 5.41) is 8.80. The zero-order valence-corrected chi connectivity index (χ0v) is 25.5. The predicted octanol–water partition coefficient (Wildman–Crippen LogP) is 4.52. The van der Waals surface area contributed by atoms with Crippen LogP contribution in [0, 0.1) is 0 Å². The second-order valence-electron chi connectivity index (χ2n) is 10.1. The molecule has 0 unspecified atom stereocenters. The van der Waals surface area contributed by atoms with Gasteiger partial charge in [0, 0.05) is 31.6 Å². The molecular weight excluding hydrogens is 576 g/mol. The Labute approximate surface area is 264 Å². The lowest BCUT2D eigenvalue weighted by molar-refractivity contribution is -0.124. The molecule has 0 aliphatic heterocycles. The highest BCUT2D eigenvalue weighted by Gasteiger charge is 2.26. The van der Waals surface area contributed by atoms with Gasteiger partial charge in [0.1, 0.15) is 11.8 Å². The highest BCUT2D eigenvalue weighted by atomic mass is 35.5. The van der Waals surface area contributed by atoms with Crippen LogP contribution in [0.15, 0.2) is 109 Å². The minimum atomic E-state index is -0.869. The van der Waals surface area contributed by atoms with Crippen molar-refractivity contribution in [3.8, 4) is 5.75 Å². The van der Waals surface area contributed by atoms with Gasteiger partial charge in [0.15, 0.2) is 0 Å². The molecule has 4 aromatic carbocycles. The van der Waals surface area contributed by atoms with Crippen molar-refractivity contribution in [2.45, 2.75) is 38.4 Å². The Hall–Kier alpha value is -4.66. The zero-order chi connectivity index (χ0) is 30.4. The lowest BCUT2D eigenvalue weighted by atomic mass is 9.97. The van der Waals surface area contributed by atoms with Crippen molar-refractivity contribution >= 4 is 30.1 Å². The molecule has 0 radical (unpaired) electrons. The van der Waals surface area contributed by atoms with Crippen LogP contribution in [-0.4, -0.2) is 36.9 Å². The molecule has 0 fully saturated rings. The van der Waals surface area contributed by atoms with Crippen LogP contribution in [0.4, 0.5) is 0 Å². The van der Waals surface area contributed by atoms with Gasteiger partial charge in [0.2, 0.25) is 11.8 Å². The molecule has 230 valence electrons. The summed E-state index contributed by atoms with van der Waals surface area (Å²) < 4.78 is 5.53. The summed E-state index contributed by atoms with van der Waals surface area (Å²) in [5.41, 5.74) is 9.73. The predicted molar refractivity (Wildman–Crippen MR) is 175 cm³/mol. The monoisotopic (exact) mass is 614 g/mol. The first-order valence-electron chi connectivity index (χ1n) is 14.4. The number of nitrogens with one attached hydrogen (secondary N) is 3. The average molecular weight is 615 g/mol. The largest absolute Gasteiger partial charge is 0.494 e. The summed E-state index contributed by atoms with van der Waals surface area (Å²) in [6.45, 7) is 3.31. The van der Waals surface area contributed by atoms with Crippen LogP contribution in [0.5, 0.6) is 5.75 Å². The van der Waals surface area contributed by atoms with Crippen LogP contribution >= 0.6 is 12.4 Å². The number of nitrogens with two attached hydrogens (primary N) is 1. The summed E-state index contributed by atoms with van der Waals surface area (Å²) in [5.74, 6) is -0.864. The van der Waals surface area contributed by atoms with Gasteiger partial charge in [-0.2, -0.15) is 0 Å². The third-order valence-corrected chi connectivity index (χ3v) is 7.06. The topological polar surface area (TPSA) is 123 Å². The van der Waals surface area contributed by atoms with Crippen molar-refractivity contribution in [2.24, 2.45) is 5.73 Å². The van der Waals surface area contributed by atoms with Crippen molar-refractivity contribution < 1.29 is 19.1 Å². The van der Waals surface area contributed by atoms with Gasteiger partial charge in [-0.25, -0.2) is 0 Å². The van der Waals surface area contributed by atoms with Crippen molar-refractivity contribution in [1.82, 2.24) is 16.0 Å². The van der Waals surface area contributed by atoms with Gasteiger partial charge in [0.25, 0.3) is 5.91 Å². The van der Waals surface area contributed by atoms with Crippen LogP contribution in [0.25, 0.3) is 0 Å². The summed E-state index contributed by atoms with van der Waals surface area (Å²) in [4.78, 5) is 40.0. The van der Waals surface area contributed by atoms with Crippen molar-refractivity contribution in [3.05, 3.63) is 137 Å². The molecule has 0 aliphatic rings. The van der Waals surface area contributed by atoms with E-state index >= 15 is 0 Å². The van der Waals surface area contributed by atoms with E-state index in [0.717, 1.165) is 28.0 Å². The fourth-order valence-electron chi connectivity index (χ4n) is 4.64. The molecule has 5 N–H and O–H groups in total. The molecule has 9 heteroatoms. The molecular formula is C35H39ClN4O4. The minimum Gasteiger partial charge on any atom is -0.494 e. The number of rotatable bonds is 14. The summed E-state index contributed by atoms with van der Waals surface area (Å²) >= 11 is 0. The third-order valence-electron chi connectivity index (χ3n) is 7.06. The maximum atomic E-state index is 13.6. The number of ether oxygens (including phenoxy) is 1. The molecule has 0 saturated carbocycles. The zero-order valence-electron chi connectivity index (χ0n) is 24.7. The first-order chi connectivity index (χ1) is 21.0. The number of hydrogen-bond acceptors (Lipinski definition) is 5. The first-order valence-corrected chi connectivity index (χ1v) is 14.4. The standard InChI is InChI=1S/C35H38N4O4.ClH/c1-2-43-30-19-17-25(18-20-30)21-32(39-33(40)29-11-7-4-8-12-29)35(42)38-24-31(28-9-5-3-6-10-28)34(41)37-23-27-15-13-26(22-36)14-16-27;/h3-20,31-32H,2,21-24,36H2,1H3,(H,37,41)(H,38,42)(H,39,40);1H/t31-,32+;/m0./s1. The van der Waals surface area contributed by atoms with Crippen molar-refractivity contribution in [2.75, 3.05) is 13.2 Å². The van der Waals surface area contributed by atoms with E-state index < -0.39 is 12.0 Å². The molecule has 0 saturated heterocycles. The smallest absolute Gasteiger partial charge is 0.251 e. The number of hydrogen-bond donors (Lipinski definition) is 4. The first kappa shape index (κ1) is 33.8. The highest BCUT2D eigenvalue weighted by molar-refractivity contribution is 5.97. The Balaban J connectivity index is 0.00000529. The van der Waals surface area contributed by atoms with Gasteiger partial charge >= 0.3 is 0 Å². The molecule has 4 rings (SSSR count). The highest BCUT2D eigenvalue weighted by Crippen LogP contribution is 2.17. The number of halogens is 1. The van der Waals surface area contributed by atoms with E-state index in [2.05, 4.69) is 16.0 Å². The van der Waals surface area contributed by atoms with Gasteiger partial charge in [-0.15, -0.1) is 12.4 Å². The van der Waals surface area contributed by atoms with E-state index in [4.69, 9.17) is 10.5 Å². The van der Waals surface area contributed by atoms with E-state index in [1.807, 2.05) is 91.9 Å². The summed E-state index contributed by atoms with van der Waals surface area (Å²) in [6, 6.07) is 32.4. The minimum absolute atomic E-state index is 0. The normalized spacial score (nSPS) is 11.8. The van der Waals surface area contributed by atoms with Gasteiger partial charge in [-0.3, -0.25) is 14.4 Å². The lowest BCUT2D eigenvalue weighted by Crippen LogP contribution is -2.49. The van der Waals surface area contributed by atoms with Crippen LogP contribution in [-0.2, 0) is 29.1 Å². The quantitative estimate of drug-likeness (QED) is 0.166. The number of carbonyl (C=O) groups is 3. The fraction of sp³-hybridized carbons (Fsp3) is 0.229. The van der Waals surface area contributed by atoms with Gasteiger partial charge in [0.05, 0.1) is 12.5 Å². The Morgan fingerprint density at radius 1 is 0.727 bits per heavy atom. The Morgan fingerprint density at radius 2 is 1.32 bits per heavy atom. The molecule has 44 heavy (non-hydrogen) atoms. The van der Waals surface area contributed by atoms with E-state index in [1.54, 1.807) is 24.3 Å². The Bertz CT molecular complexity index is 1470. The van der Waals surface area contributed by atoms with Gasteiger partial charge in [-0.1, -0.05) is 84.9 Å². The fourth-order valence-corrected chi connectivity index (χ4v) is 4.64. The SMILES string of the molecule is CCOc1ccc(C[C@@H](NC(=O)c2ccccc2)C(=O)NC[C@H](C(=O)NCc2ccc(CN)cc2)c2ccccc2)cc1.Cl. The molecule has 0 spiro atoms. The van der Waals surface area contributed by atoms with Crippen LogP contribution < -0.4 is 26.4 Å². The number of benzene rings is 4. The van der Waals surface area contributed by atoms with E-state index in [0.29, 0.717) is 25.3 Å². The Kier molecular flexibility index (Phi) is 13.4.